The van der Waals surface area contributed by atoms with E-state index in [0.29, 0.717) is 37.6 Å². The van der Waals surface area contributed by atoms with E-state index in [1.165, 1.54) is 10.5 Å². The predicted molar refractivity (Wildman–Crippen MR) is 90.1 cm³/mol. The van der Waals surface area contributed by atoms with E-state index in [2.05, 4.69) is 15.5 Å². The zero-order valence-electron chi connectivity index (χ0n) is 14.6. The molecule has 0 spiro atoms. The van der Waals surface area contributed by atoms with Gasteiger partial charge in [0.05, 0.1) is 12.8 Å². The normalized spacial score (nSPS) is 15.5. The van der Waals surface area contributed by atoms with Crippen LogP contribution in [0.15, 0.2) is 21.8 Å². The Labute approximate surface area is 151 Å². The molecule has 0 saturated heterocycles. The average Bonchev–Trinajstić information content (AvgIpc) is 3.16. The SMILES string of the molecule is COCCNC(=O)c1cn2c(n1)CCN(S(=O)(=O)c1cnoc1C)CC2. The van der Waals surface area contributed by atoms with Gasteiger partial charge in [0.1, 0.15) is 16.4 Å². The number of fused-ring (bicyclic) bond motifs is 1. The van der Waals surface area contributed by atoms with Crippen molar-refractivity contribution in [2.45, 2.75) is 24.8 Å². The molecule has 0 unspecified atom stereocenters. The third kappa shape index (κ3) is 3.64. The van der Waals surface area contributed by atoms with Gasteiger partial charge in [0.25, 0.3) is 5.91 Å². The number of amides is 1. The Hall–Kier alpha value is -2.24. The highest BCUT2D eigenvalue weighted by Crippen LogP contribution is 2.21. The molecule has 0 aromatic carbocycles. The Bertz CT molecular complexity index is 863. The van der Waals surface area contributed by atoms with E-state index in [4.69, 9.17) is 9.26 Å². The van der Waals surface area contributed by atoms with Crippen LogP contribution in [0.25, 0.3) is 0 Å². The van der Waals surface area contributed by atoms with Crippen molar-refractivity contribution in [1.29, 1.82) is 0 Å². The molecule has 0 saturated carbocycles. The van der Waals surface area contributed by atoms with Crippen LogP contribution in [0.5, 0.6) is 0 Å². The van der Waals surface area contributed by atoms with E-state index < -0.39 is 10.0 Å². The molecule has 1 amide bonds. The zero-order valence-corrected chi connectivity index (χ0v) is 15.5. The molecule has 3 heterocycles. The predicted octanol–water partition coefficient (Wildman–Crippen LogP) is -0.197. The smallest absolute Gasteiger partial charge is 0.271 e. The summed E-state index contributed by atoms with van der Waals surface area (Å²) >= 11 is 0. The van der Waals surface area contributed by atoms with Crippen molar-refractivity contribution in [1.82, 2.24) is 24.3 Å². The summed E-state index contributed by atoms with van der Waals surface area (Å²) < 4.78 is 38.5. The van der Waals surface area contributed by atoms with Crippen LogP contribution in [0.3, 0.4) is 0 Å². The van der Waals surface area contributed by atoms with Gasteiger partial charge in [-0.25, -0.2) is 13.4 Å². The number of methoxy groups -OCH3 is 1. The van der Waals surface area contributed by atoms with Gasteiger partial charge >= 0.3 is 0 Å². The average molecular weight is 383 g/mol. The first-order valence-electron chi connectivity index (χ1n) is 8.18. The molecule has 2 aromatic heterocycles. The standard InChI is InChI=1S/C15H21N5O5S/c1-11-13(9-17-25-11)26(22,23)20-5-3-14-18-12(10-19(14)6-7-20)15(21)16-4-8-24-2/h9-10H,3-8H2,1-2H3,(H,16,21). The van der Waals surface area contributed by atoms with Crippen molar-refractivity contribution in [3.63, 3.8) is 0 Å². The first-order chi connectivity index (χ1) is 12.4. The fourth-order valence-corrected chi connectivity index (χ4v) is 4.30. The van der Waals surface area contributed by atoms with Gasteiger partial charge in [0.15, 0.2) is 5.76 Å². The van der Waals surface area contributed by atoms with Gasteiger partial charge in [-0.2, -0.15) is 4.31 Å². The number of nitrogens with zero attached hydrogens (tertiary/aromatic N) is 4. The summed E-state index contributed by atoms with van der Waals surface area (Å²) in [6.07, 6.45) is 3.28. The molecule has 0 atom stereocenters. The second-order valence-electron chi connectivity index (χ2n) is 5.88. The quantitative estimate of drug-likeness (QED) is 0.686. The molecule has 142 valence electrons. The number of rotatable bonds is 6. The van der Waals surface area contributed by atoms with E-state index >= 15 is 0 Å². The Morgan fingerprint density at radius 1 is 1.38 bits per heavy atom. The van der Waals surface area contributed by atoms with E-state index in [9.17, 15) is 13.2 Å². The number of carbonyl (C=O) groups excluding carboxylic acids is 1. The minimum absolute atomic E-state index is 0.0789. The lowest BCUT2D eigenvalue weighted by Crippen LogP contribution is -2.34. The Morgan fingerprint density at radius 2 is 2.19 bits per heavy atom. The van der Waals surface area contributed by atoms with E-state index in [-0.39, 0.29) is 29.7 Å². The molecular formula is C15H21N5O5S. The maximum Gasteiger partial charge on any atom is 0.271 e. The van der Waals surface area contributed by atoms with E-state index in [0.717, 1.165) is 0 Å². The van der Waals surface area contributed by atoms with Crippen molar-refractivity contribution in [2.75, 3.05) is 33.4 Å². The highest BCUT2D eigenvalue weighted by Gasteiger charge is 2.30. The van der Waals surface area contributed by atoms with Gasteiger partial charge in [-0.05, 0) is 6.92 Å². The summed E-state index contributed by atoms with van der Waals surface area (Å²) in [5.41, 5.74) is 0.322. The number of sulfonamides is 1. The summed E-state index contributed by atoms with van der Waals surface area (Å²) in [6.45, 7) is 3.36. The van der Waals surface area contributed by atoms with E-state index in [1.54, 1.807) is 20.2 Å². The topological polar surface area (TPSA) is 120 Å². The van der Waals surface area contributed by atoms with Gasteiger partial charge in [-0.3, -0.25) is 4.79 Å². The summed E-state index contributed by atoms with van der Waals surface area (Å²) in [6, 6.07) is 0. The number of carbonyl (C=O) groups is 1. The Morgan fingerprint density at radius 3 is 2.88 bits per heavy atom. The number of aryl methyl sites for hydroxylation is 1. The van der Waals surface area contributed by atoms with Crippen LogP contribution in [0.2, 0.25) is 0 Å². The second kappa shape index (κ2) is 7.56. The summed E-state index contributed by atoms with van der Waals surface area (Å²) in [7, 11) is -2.11. The molecule has 3 rings (SSSR count). The van der Waals surface area contributed by atoms with Gasteiger partial charge in [-0.1, -0.05) is 5.16 Å². The second-order valence-corrected chi connectivity index (χ2v) is 7.79. The van der Waals surface area contributed by atoms with Gasteiger partial charge < -0.3 is 19.1 Å². The van der Waals surface area contributed by atoms with E-state index in [1.807, 2.05) is 4.57 Å². The molecular weight excluding hydrogens is 362 g/mol. The number of aromatic nitrogens is 3. The minimum Gasteiger partial charge on any atom is -0.383 e. The molecule has 26 heavy (non-hydrogen) atoms. The molecule has 0 fully saturated rings. The fourth-order valence-electron chi connectivity index (χ4n) is 2.79. The highest BCUT2D eigenvalue weighted by molar-refractivity contribution is 7.89. The summed E-state index contributed by atoms with van der Waals surface area (Å²) in [4.78, 5) is 16.5. The first-order valence-corrected chi connectivity index (χ1v) is 9.62. The summed E-state index contributed by atoms with van der Waals surface area (Å²) in [5.74, 6) is 0.677. The third-order valence-corrected chi connectivity index (χ3v) is 6.18. The first kappa shape index (κ1) is 18.5. The maximum absolute atomic E-state index is 12.7. The number of hydrogen-bond acceptors (Lipinski definition) is 7. The van der Waals surface area contributed by atoms with Crippen molar-refractivity contribution in [3.05, 3.63) is 29.7 Å². The molecule has 0 aliphatic carbocycles. The lowest BCUT2D eigenvalue weighted by atomic mass is 10.4. The molecule has 1 aliphatic heterocycles. The van der Waals surface area contributed by atoms with Crippen LogP contribution in [-0.2, 0) is 27.7 Å². The van der Waals surface area contributed by atoms with Crippen LogP contribution in [0.1, 0.15) is 22.1 Å². The fraction of sp³-hybridized carbons (Fsp3) is 0.533. The number of imidazole rings is 1. The van der Waals surface area contributed by atoms with Crippen molar-refractivity contribution < 1.29 is 22.5 Å². The Kier molecular flexibility index (Phi) is 5.39. The Balaban J connectivity index is 1.70. The molecule has 0 radical (unpaired) electrons. The minimum atomic E-state index is -3.67. The molecule has 0 bridgehead atoms. The third-order valence-electron chi connectivity index (χ3n) is 4.18. The van der Waals surface area contributed by atoms with Crippen LogP contribution < -0.4 is 5.32 Å². The van der Waals surface area contributed by atoms with Crippen molar-refractivity contribution in [2.24, 2.45) is 0 Å². The van der Waals surface area contributed by atoms with Crippen LogP contribution in [-0.4, -0.2) is 66.7 Å². The summed E-state index contributed by atoms with van der Waals surface area (Å²) in [5, 5.41) is 6.26. The van der Waals surface area contributed by atoms with Crippen LogP contribution >= 0.6 is 0 Å². The molecule has 11 heteroatoms. The highest BCUT2D eigenvalue weighted by atomic mass is 32.2. The molecule has 10 nitrogen and oxygen atoms in total. The maximum atomic E-state index is 12.7. The van der Waals surface area contributed by atoms with Crippen molar-refractivity contribution in [3.8, 4) is 0 Å². The van der Waals surface area contributed by atoms with Gasteiger partial charge in [0.2, 0.25) is 10.0 Å². The zero-order chi connectivity index (χ0) is 18.7. The number of hydrogen-bond donors (Lipinski definition) is 1. The van der Waals surface area contributed by atoms with Crippen LogP contribution in [0, 0.1) is 6.92 Å². The van der Waals surface area contributed by atoms with Gasteiger partial charge in [-0.15, -0.1) is 0 Å². The monoisotopic (exact) mass is 383 g/mol. The van der Waals surface area contributed by atoms with Gasteiger partial charge in [0, 0.05) is 45.9 Å². The largest absolute Gasteiger partial charge is 0.383 e. The number of ether oxygens (including phenoxy) is 1. The van der Waals surface area contributed by atoms with Crippen LogP contribution in [0.4, 0.5) is 0 Å². The number of nitrogens with one attached hydrogen (secondary N) is 1. The molecule has 1 N–H and O–H groups in total. The molecule has 2 aromatic rings. The van der Waals surface area contributed by atoms with Crippen molar-refractivity contribution >= 4 is 15.9 Å². The lowest BCUT2D eigenvalue weighted by Gasteiger charge is -2.18. The lowest BCUT2D eigenvalue weighted by molar-refractivity contribution is 0.0932. The molecule has 1 aliphatic rings.